The number of carbonyl (C=O) groups excluding carboxylic acids is 6. The monoisotopic (exact) mass is 1140 g/mol. The van der Waals surface area contributed by atoms with Crippen LogP contribution in [0.3, 0.4) is 0 Å². The molecule has 0 N–H and O–H groups in total. The first kappa shape index (κ1) is 56.0. The maximum atomic E-state index is 14.3. The molecule has 424 valence electrons. The van der Waals surface area contributed by atoms with Crippen LogP contribution in [0, 0.1) is 11.8 Å². The molecule has 2 atom stereocenters. The molecule has 0 saturated heterocycles. The zero-order chi connectivity index (χ0) is 59.6. The van der Waals surface area contributed by atoms with Crippen molar-refractivity contribution in [3.8, 4) is 46.0 Å². The van der Waals surface area contributed by atoms with E-state index in [1.54, 1.807) is 231 Å². The summed E-state index contributed by atoms with van der Waals surface area (Å²) >= 11 is 0. The van der Waals surface area contributed by atoms with Gasteiger partial charge < -0.3 is 28.4 Å². The molecule has 0 fully saturated rings. The number of hydrogen-bond acceptors (Lipinski definition) is 12. The zero-order valence-electron chi connectivity index (χ0n) is 46.6. The van der Waals surface area contributed by atoms with Gasteiger partial charge in [0.05, 0.1) is 11.1 Å². The van der Waals surface area contributed by atoms with Crippen molar-refractivity contribution in [3.63, 3.8) is 0 Å². The zero-order valence-corrected chi connectivity index (χ0v) is 46.6. The van der Waals surface area contributed by atoms with Gasteiger partial charge in [0.15, 0.2) is 23.1 Å². The summed E-state index contributed by atoms with van der Waals surface area (Å²) < 4.78 is 37.4. The third-order valence-corrected chi connectivity index (χ3v) is 14.7. The number of carbonyl (C=O) groups is 6. The van der Waals surface area contributed by atoms with E-state index in [0.29, 0.717) is 108 Å². The first-order valence-electron chi connectivity index (χ1n) is 28.1. The van der Waals surface area contributed by atoms with Gasteiger partial charge >= 0.3 is 11.9 Å². The van der Waals surface area contributed by atoms with Gasteiger partial charge in [-0.2, -0.15) is 0 Å². The molecular formula is C75H52O12. The van der Waals surface area contributed by atoms with Crippen molar-refractivity contribution < 1.29 is 57.2 Å². The summed E-state index contributed by atoms with van der Waals surface area (Å²) in [7, 11) is 0. The van der Waals surface area contributed by atoms with E-state index < -0.39 is 11.9 Å². The van der Waals surface area contributed by atoms with Crippen LogP contribution in [0.15, 0.2) is 278 Å². The van der Waals surface area contributed by atoms with Crippen LogP contribution >= 0.6 is 0 Å². The predicted molar refractivity (Wildman–Crippen MR) is 326 cm³/mol. The van der Waals surface area contributed by atoms with Crippen LogP contribution in [0.2, 0.25) is 0 Å². The Hall–Kier alpha value is -11.5. The van der Waals surface area contributed by atoms with Crippen molar-refractivity contribution in [2.24, 2.45) is 11.8 Å². The van der Waals surface area contributed by atoms with Gasteiger partial charge in [-0.05, 0) is 139 Å². The Kier molecular flexibility index (Phi) is 16.4. The molecule has 12 nitrogen and oxygen atoms in total. The minimum absolute atomic E-state index is 0.135. The molecule has 0 spiro atoms. The summed E-state index contributed by atoms with van der Waals surface area (Å²) in [5.41, 5.74) is 5.56. The van der Waals surface area contributed by atoms with Crippen molar-refractivity contribution in [2.45, 2.75) is 19.6 Å². The normalized spacial score (nSPS) is 13.7. The molecule has 87 heavy (non-hydrogen) atoms. The Balaban J connectivity index is 0.769. The van der Waals surface area contributed by atoms with Crippen LogP contribution in [0.25, 0.3) is 0 Å². The second kappa shape index (κ2) is 25.6. The molecule has 2 unspecified atom stereocenters. The fourth-order valence-corrected chi connectivity index (χ4v) is 10.4. The number of benzene rings is 10. The second-order valence-electron chi connectivity index (χ2n) is 20.7. The van der Waals surface area contributed by atoms with E-state index in [4.69, 9.17) is 28.4 Å². The third kappa shape index (κ3) is 13.3. The highest BCUT2D eigenvalue weighted by molar-refractivity contribution is 6.11. The summed E-state index contributed by atoms with van der Waals surface area (Å²) in [6.45, 7) is -0.468. The fourth-order valence-electron chi connectivity index (χ4n) is 10.4. The largest absolute Gasteiger partial charge is 0.457 e. The SMILES string of the molecule is O=C(OCc1cc(Oc2ccc(C(=O)c3ccccc3)cc2)cc(Oc2ccc(C(=O)c3ccccc3)cc2)c1)C1=C(C(=O)OCc2cc(Oc3ccc(C(=O)c4ccccc4)cc3)cc(Oc3ccc(C(=O)c4ccccc4)cc3)c2)C2C=CC1C2. The molecule has 10 aromatic carbocycles. The van der Waals surface area contributed by atoms with Crippen LogP contribution in [0.1, 0.15) is 81.2 Å². The van der Waals surface area contributed by atoms with Gasteiger partial charge in [-0.25, -0.2) is 9.59 Å². The van der Waals surface area contributed by atoms with E-state index in [2.05, 4.69) is 0 Å². The maximum Gasteiger partial charge on any atom is 0.335 e. The Morgan fingerprint density at radius 1 is 0.276 bits per heavy atom. The second-order valence-corrected chi connectivity index (χ2v) is 20.7. The minimum atomic E-state index is -0.691. The van der Waals surface area contributed by atoms with E-state index in [9.17, 15) is 28.8 Å². The molecule has 0 amide bonds. The lowest BCUT2D eigenvalue weighted by atomic mass is 9.97. The van der Waals surface area contributed by atoms with Crippen molar-refractivity contribution in [1.82, 2.24) is 0 Å². The van der Waals surface area contributed by atoms with Gasteiger partial charge in [0.25, 0.3) is 0 Å². The lowest BCUT2D eigenvalue weighted by Gasteiger charge is -2.17. The van der Waals surface area contributed by atoms with E-state index in [1.807, 2.05) is 36.4 Å². The number of fused-ring (bicyclic) bond motifs is 2. The van der Waals surface area contributed by atoms with E-state index in [1.165, 1.54) is 0 Å². The van der Waals surface area contributed by atoms with Gasteiger partial charge in [0.2, 0.25) is 0 Å². The Morgan fingerprint density at radius 3 is 0.747 bits per heavy atom. The fraction of sp³-hybridized carbons (Fsp3) is 0.0667. The quantitative estimate of drug-likeness (QED) is 0.0360. The number of esters is 2. The summed E-state index contributed by atoms with van der Waals surface area (Å²) in [6, 6.07) is 73.0. The maximum absolute atomic E-state index is 14.3. The Labute approximate surface area is 501 Å². The first-order chi connectivity index (χ1) is 42.5. The molecule has 2 aliphatic carbocycles. The van der Waals surface area contributed by atoms with E-state index in [-0.39, 0.29) is 59.3 Å². The summed E-state index contributed by atoms with van der Waals surface area (Å²) in [6.07, 6.45) is 4.29. The smallest absolute Gasteiger partial charge is 0.335 e. The van der Waals surface area contributed by atoms with Crippen LogP contribution < -0.4 is 18.9 Å². The molecule has 2 aliphatic rings. The van der Waals surface area contributed by atoms with Crippen LogP contribution in [0.5, 0.6) is 46.0 Å². The standard InChI is InChI=1S/C75H52O12/c76-70(50-13-5-1-6-14-50)54-23-31-60(32-24-54)84-64-39-48(40-65(44-64)85-61-33-25-55(26-34-61)71(77)51-15-7-2-8-16-51)46-82-74(80)68-58-21-22-59(43-58)69(68)75(81)83-47-49-41-66(86-62-35-27-56(28-36-62)72(78)52-17-9-3-10-18-52)45-67(42-49)87-63-37-29-57(30-38-63)73(79)53-19-11-4-12-20-53/h1-42,44-45,58-59H,43,46-47H2. The number of ether oxygens (including phenoxy) is 6. The highest BCUT2D eigenvalue weighted by Crippen LogP contribution is 2.45. The summed E-state index contributed by atoms with van der Waals surface area (Å²) in [5.74, 6) is 0.398. The van der Waals surface area contributed by atoms with Crippen LogP contribution in [-0.4, -0.2) is 35.1 Å². The lowest BCUT2D eigenvalue weighted by Crippen LogP contribution is -2.19. The van der Waals surface area contributed by atoms with Gasteiger partial charge in [0, 0.05) is 68.5 Å². The summed E-state index contributed by atoms with van der Waals surface area (Å²) in [5, 5.41) is 0. The lowest BCUT2D eigenvalue weighted by molar-refractivity contribution is -0.143. The molecule has 2 bridgehead atoms. The van der Waals surface area contributed by atoms with Gasteiger partial charge in [-0.1, -0.05) is 133 Å². The van der Waals surface area contributed by atoms with E-state index in [0.717, 1.165) is 0 Å². The number of allylic oxidation sites excluding steroid dienone is 2. The topological polar surface area (TPSA) is 158 Å². The van der Waals surface area contributed by atoms with Crippen molar-refractivity contribution in [2.75, 3.05) is 0 Å². The van der Waals surface area contributed by atoms with Crippen LogP contribution in [0.4, 0.5) is 0 Å². The highest BCUT2D eigenvalue weighted by Gasteiger charge is 2.43. The Morgan fingerprint density at radius 2 is 0.506 bits per heavy atom. The van der Waals surface area contributed by atoms with Crippen molar-refractivity contribution in [3.05, 3.63) is 334 Å². The molecule has 12 heteroatoms. The molecule has 12 rings (SSSR count). The van der Waals surface area contributed by atoms with Gasteiger partial charge in [0.1, 0.15) is 59.2 Å². The van der Waals surface area contributed by atoms with Crippen molar-refractivity contribution in [1.29, 1.82) is 0 Å². The predicted octanol–water partition coefficient (Wildman–Crippen LogP) is 16.1. The number of hydrogen-bond donors (Lipinski definition) is 0. The highest BCUT2D eigenvalue weighted by atomic mass is 16.5. The number of rotatable bonds is 22. The van der Waals surface area contributed by atoms with Crippen LogP contribution in [-0.2, 0) is 32.3 Å². The van der Waals surface area contributed by atoms with Gasteiger partial charge in [-0.3, -0.25) is 19.2 Å². The van der Waals surface area contributed by atoms with Crippen molar-refractivity contribution >= 4 is 35.1 Å². The minimum Gasteiger partial charge on any atom is -0.457 e. The first-order valence-corrected chi connectivity index (χ1v) is 28.1. The average molecular weight is 1150 g/mol. The molecule has 0 saturated carbocycles. The third-order valence-electron chi connectivity index (χ3n) is 14.7. The van der Waals surface area contributed by atoms with Gasteiger partial charge in [-0.15, -0.1) is 0 Å². The molecule has 0 aliphatic heterocycles. The summed E-state index contributed by atoms with van der Waals surface area (Å²) in [4.78, 5) is 81.3. The molecule has 0 aromatic heterocycles. The Bertz CT molecular complexity index is 3750. The average Bonchev–Trinajstić information content (AvgIpc) is 1.82. The molecule has 0 radical (unpaired) electrons. The molecular weight excluding hydrogens is 1090 g/mol. The molecule has 10 aromatic rings. The number of ketones is 4. The molecule has 0 heterocycles. The van der Waals surface area contributed by atoms with E-state index >= 15 is 0 Å².